The maximum absolute atomic E-state index is 12.7. The summed E-state index contributed by atoms with van der Waals surface area (Å²) in [5.74, 6) is -1.14. The van der Waals surface area contributed by atoms with E-state index in [1.54, 1.807) is 30.3 Å². The van der Waals surface area contributed by atoms with Gasteiger partial charge in [-0.25, -0.2) is 13.2 Å². The van der Waals surface area contributed by atoms with Gasteiger partial charge in [0.1, 0.15) is 5.76 Å². The molecule has 26 heavy (non-hydrogen) atoms. The number of aromatic carboxylic acids is 1. The van der Waals surface area contributed by atoms with Crippen LogP contribution in [0.5, 0.6) is 0 Å². The first-order valence-corrected chi connectivity index (χ1v) is 9.28. The molecule has 134 valence electrons. The predicted octanol–water partition coefficient (Wildman–Crippen LogP) is 4.06. The van der Waals surface area contributed by atoms with Crippen molar-refractivity contribution in [1.29, 1.82) is 0 Å². The molecule has 7 heteroatoms. The van der Waals surface area contributed by atoms with E-state index in [-0.39, 0.29) is 16.4 Å². The smallest absolute Gasteiger partial charge is 0.371 e. The van der Waals surface area contributed by atoms with E-state index in [2.05, 4.69) is 4.72 Å². The number of nitrogens with one attached hydrogen (secondary N) is 1. The maximum atomic E-state index is 12.7. The number of hydrogen-bond acceptors (Lipinski definition) is 4. The van der Waals surface area contributed by atoms with Crippen LogP contribution in [0.15, 0.2) is 63.9 Å². The molecule has 0 amide bonds. The van der Waals surface area contributed by atoms with E-state index in [0.717, 1.165) is 11.1 Å². The number of carboxylic acids is 1. The normalized spacial score (nSPS) is 11.3. The Hall–Kier alpha value is -3.06. The summed E-state index contributed by atoms with van der Waals surface area (Å²) < 4.78 is 33.2. The lowest BCUT2D eigenvalue weighted by molar-refractivity contribution is 0.0663. The van der Waals surface area contributed by atoms with Gasteiger partial charge in [0.15, 0.2) is 0 Å². The predicted molar refractivity (Wildman–Crippen MR) is 97.8 cm³/mol. The number of carboxylic acid groups (broad SMARTS) is 1. The van der Waals surface area contributed by atoms with Gasteiger partial charge in [-0.15, -0.1) is 0 Å². The summed E-state index contributed by atoms with van der Waals surface area (Å²) in [5.41, 5.74) is 2.58. The molecule has 3 aromatic rings. The Morgan fingerprint density at radius 3 is 2.23 bits per heavy atom. The molecule has 0 unspecified atom stereocenters. The van der Waals surface area contributed by atoms with Gasteiger partial charge in [0, 0.05) is 5.56 Å². The van der Waals surface area contributed by atoms with Crippen molar-refractivity contribution in [1.82, 2.24) is 0 Å². The molecule has 0 atom stereocenters. The van der Waals surface area contributed by atoms with Gasteiger partial charge in [-0.05, 0) is 55.8 Å². The third kappa shape index (κ3) is 3.62. The molecular weight excluding hydrogens is 354 g/mol. The van der Waals surface area contributed by atoms with Crippen molar-refractivity contribution in [2.45, 2.75) is 18.7 Å². The van der Waals surface area contributed by atoms with Gasteiger partial charge < -0.3 is 9.52 Å². The Morgan fingerprint density at radius 1 is 0.962 bits per heavy atom. The van der Waals surface area contributed by atoms with Crippen molar-refractivity contribution in [3.8, 4) is 11.3 Å². The molecule has 0 bridgehead atoms. The summed E-state index contributed by atoms with van der Waals surface area (Å²) >= 11 is 0. The lowest BCUT2D eigenvalue weighted by atomic mass is 10.1. The fourth-order valence-electron chi connectivity index (χ4n) is 2.48. The average Bonchev–Trinajstić information content (AvgIpc) is 3.05. The van der Waals surface area contributed by atoms with E-state index in [4.69, 9.17) is 9.52 Å². The van der Waals surface area contributed by atoms with Crippen molar-refractivity contribution in [3.63, 3.8) is 0 Å². The highest BCUT2D eigenvalue weighted by atomic mass is 32.2. The van der Waals surface area contributed by atoms with Crippen molar-refractivity contribution in [3.05, 3.63) is 71.5 Å². The Morgan fingerprint density at radius 2 is 1.62 bits per heavy atom. The SMILES string of the molecule is Cc1ccc(S(=O)(=O)Nc2cc(C)ccc2-c2ccc(C(=O)O)o2)cc1. The van der Waals surface area contributed by atoms with E-state index in [9.17, 15) is 13.2 Å². The number of carbonyl (C=O) groups is 1. The van der Waals surface area contributed by atoms with Gasteiger partial charge in [-0.1, -0.05) is 23.8 Å². The first kappa shape index (κ1) is 17.8. The van der Waals surface area contributed by atoms with Crippen LogP contribution in [0.4, 0.5) is 5.69 Å². The zero-order valence-electron chi connectivity index (χ0n) is 14.2. The third-order valence-electron chi connectivity index (χ3n) is 3.83. The number of benzene rings is 2. The average molecular weight is 371 g/mol. The van der Waals surface area contributed by atoms with Crippen LogP contribution in [0.2, 0.25) is 0 Å². The largest absolute Gasteiger partial charge is 0.475 e. The molecule has 6 nitrogen and oxygen atoms in total. The molecule has 1 aromatic heterocycles. The van der Waals surface area contributed by atoms with Crippen molar-refractivity contribution >= 4 is 21.7 Å². The van der Waals surface area contributed by atoms with E-state index in [1.165, 1.54) is 24.3 Å². The molecule has 0 aliphatic carbocycles. The number of furan rings is 1. The van der Waals surface area contributed by atoms with Crippen LogP contribution in [0.3, 0.4) is 0 Å². The van der Waals surface area contributed by atoms with Crippen LogP contribution >= 0.6 is 0 Å². The number of sulfonamides is 1. The number of anilines is 1. The zero-order chi connectivity index (χ0) is 18.9. The molecule has 0 spiro atoms. The number of aryl methyl sites for hydroxylation is 2. The molecule has 1 heterocycles. The van der Waals surface area contributed by atoms with Crippen LogP contribution in [-0.2, 0) is 10.0 Å². The fourth-order valence-corrected chi connectivity index (χ4v) is 3.55. The zero-order valence-corrected chi connectivity index (χ0v) is 15.0. The number of rotatable bonds is 5. The highest BCUT2D eigenvalue weighted by molar-refractivity contribution is 7.92. The van der Waals surface area contributed by atoms with Gasteiger partial charge in [-0.2, -0.15) is 0 Å². The molecule has 0 fully saturated rings. The summed E-state index contributed by atoms with van der Waals surface area (Å²) in [6.07, 6.45) is 0. The topological polar surface area (TPSA) is 96.6 Å². The Labute approximate surface area is 151 Å². The molecule has 2 aromatic carbocycles. The molecule has 0 saturated heterocycles. The van der Waals surface area contributed by atoms with Crippen molar-refractivity contribution < 1.29 is 22.7 Å². The minimum atomic E-state index is -3.79. The molecule has 3 rings (SSSR count). The highest BCUT2D eigenvalue weighted by Gasteiger charge is 2.19. The minimum absolute atomic E-state index is 0.140. The second-order valence-electron chi connectivity index (χ2n) is 5.94. The van der Waals surface area contributed by atoms with Crippen LogP contribution < -0.4 is 4.72 Å². The maximum Gasteiger partial charge on any atom is 0.371 e. The summed E-state index contributed by atoms with van der Waals surface area (Å²) in [6, 6.07) is 14.5. The molecule has 0 radical (unpaired) electrons. The number of hydrogen-bond donors (Lipinski definition) is 2. The Balaban J connectivity index is 2.03. The standard InChI is InChI=1S/C19H17NO5S/c1-12-3-6-14(7-4-12)26(23,24)20-16-11-13(2)5-8-15(16)17-9-10-18(25-17)19(21)22/h3-11,20H,1-2H3,(H,21,22). The quantitative estimate of drug-likeness (QED) is 0.705. The van der Waals surface area contributed by atoms with E-state index in [0.29, 0.717) is 11.3 Å². The summed E-state index contributed by atoms with van der Waals surface area (Å²) in [6.45, 7) is 3.71. The van der Waals surface area contributed by atoms with E-state index >= 15 is 0 Å². The molecule has 0 aliphatic heterocycles. The van der Waals surface area contributed by atoms with E-state index in [1.807, 2.05) is 13.8 Å². The minimum Gasteiger partial charge on any atom is -0.475 e. The van der Waals surface area contributed by atoms with E-state index < -0.39 is 16.0 Å². The van der Waals surface area contributed by atoms with Crippen LogP contribution in [0.25, 0.3) is 11.3 Å². The Bertz CT molecular complexity index is 1070. The van der Waals surface area contributed by atoms with Crippen LogP contribution in [0.1, 0.15) is 21.7 Å². The molecule has 0 aliphatic rings. The first-order chi connectivity index (χ1) is 12.3. The van der Waals surface area contributed by atoms with Gasteiger partial charge in [0.2, 0.25) is 5.76 Å². The van der Waals surface area contributed by atoms with Gasteiger partial charge in [0.25, 0.3) is 10.0 Å². The molecule has 2 N–H and O–H groups in total. The van der Waals surface area contributed by atoms with Crippen LogP contribution in [0, 0.1) is 13.8 Å². The first-order valence-electron chi connectivity index (χ1n) is 7.80. The highest BCUT2D eigenvalue weighted by Crippen LogP contribution is 2.32. The summed E-state index contributed by atoms with van der Waals surface area (Å²) in [5, 5.41) is 9.01. The van der Waals surface area contributed by atoms with Gasteiger partial charge >= 0.3 is 5.97 Å². The summed E-state index contributed by atoms with van der Waals surface area (Å²) in [7, 11) is -3.79. The molecule has 0 saturated carbocycles. The van der Waals surface area contributed by atoms with Gasteiger partial charge in [-0.3, -0.25) is 4.72 Å². The molecular formula is C19H17NO5S. The second-order valence-corrected chi connectivity index (χ2v) is 7.62. The van der Waals surface area contributed by atoms with Crippen molar-refractivity contribution in [2.75, 3.05) is 4.72 Å². The fraction of sp³-hybridized carbons (Fsp3) is 0.105. The van der Waals surface area contributed by atoms with Gasteiger partial charge in [0.05, 0.1) is 10.6 Å². The third-order valence-corrected chi connectivity index (χ3v) is 5.21. The lowest BCUT2D eigenvalue weighted by Crippen LogP contribution is -2.13. The Kier molecular flexibility index (Phi) is 4.56. The van der Waals surface area contributed by atoms with Crippen LogP contribution in [-0.4, -0.2) is 19.5 Å². The lowest BCUT2D eigenvalue weighted by Gasteiger charge is -2.12. The summed E-state index contributed by atoms with van der Waals surface area (Å²) in [4.78, 5) is 11.2. The monoisotopic (exact) mass is 371 g/mol. The second kappa shape index (κ2) is 6.68. The van der Waals surface area contributed by atoms with Crippen molar-refractivity contribution in [2.24, 2.45) is 0 Å².